The summed E-state index contributed by atoms with van der Waals surface area (Å²) in [5.41, 5.74) is 2.51. The first kappa shape index (κ1) is 18.8. The summed E-state index contributed by atoms with van der Waals surface area (Å²) in [6.07, 6.45) is 4.64. The molecule has 2 aliphatic heterocycles. The standard InChI is InChI=1S/C20H23N3O4S/c1-13-10-18-14(2)22-17-11-15(5-6-19(17)28(25,26)23(18)12-13)20(24)21-8-7-16-4-3-9-27-16/h5-6,10-12,16,22H,2-4,7-9H2,1H3,(H,21,24). The number of carbonyl (C=O) groups is 1. The molecule has 28 heavy (non-hydrogen) atoms. The number of rotatable bonds is 4. The molecule has 148 valence electrons. The molecule has 1 unspecified atom stereocenters. The molecule has 0 spiro atoms. The smallest absolute Gasteiger partial charge is 0.270 e. The number of aryl methyl sites for hydroxylation is 1. The van der Waals surface area contributed by atoms with E-state index < -0.39 is 10.0 Å². The summed E-state index contributed by atoms with van der Waals surface area (Å²) in [5, 5.41) is 5.93. The summed E-state index contributed by atoms with van der Waals surface area (Å²) in [4.78, 5) is 12.6. The van der Waals surface area contributed by atoms with Crippen molar-refractivity contribution in [3.05, 3.63) is 53.9 Å². The van der Waals surface area contributed by atoms with Crippen molar-refractivity contribution in [1.29, 1.82) is 0 Å². The monoisotopic (exact) mass is 401 g/mol. The molecule has 1 atom stereocenters. The normalized spacial score (nSPS) is 20.0. The first-order valence-electron chi connectivity index (χ1n) is 9.31. The number of aromatic nitrogens is 1. The Morgan fingerprint density at radius 3 is 2.96 bits per heavy atom. The van der Waals surface area contributed by atoms with Gasteiger partial charge in [-0.15, -0.1) is 0 Å². The highest BCUT2D eigenvalue weighted by atomic mass is 32.2. The maximum atomic E-state index is 13.0. The fourth-order valence-electron chi connectivity index (χ4n) is 3.64. The molecule has 1 aromatic heterocycles. The number of anilines is 1. The largest absolute Gasteiger partial charge is 0.378 e. The minimum Gasteiger partial charge on any atom is -0.378 e. The van der Waals surface area contributed by atoms with Gasteiger partial charge in [0.05, 0.1) is 23.2 Å². The van der Waals surface area contributed by atoms with Crippen LogP contribution in [0.1, 0.15) is 40.9 Å². The third-order valence-electron chi connectivity index (χ3n) is 5.07. The van der Waals surface area contributed by atoms with Gasteiger partial charge in [-0.05, 0) is 56.0 Å². The molecule has 0 aliphatic carbocycles. The lowest BCUT2D eigenvalue weighted by molar-refractivity contribution is 0.0907. The summed E-state index contributed by atoms with van der Waals surface area (Å²) in [6, 6.07) is 6.31. The number of hydrogen-bond acceptors (Lipinski definition) is 5. The molecule has 1 aromatic carbocycles. The van der Waals surface area contributed by atoms with Gasteiger partial charge in [0.25, 0.3) is 15.9 Å². The number of nitrogens with one attached hydrogen (secondary N) is 2. The zero-order valence-corrected chi connectivity index (χ0v) is 16.5. The van der Waals surface area contributed by atoms with E-state index in [1.54, 1.807) is 18.3 Å². The average Bonchev–Trinajstić information content (AvgIpc) is 3.29. The molecule has 2 N–H and O–H groups in total. The Labute approximate surface area is 164 Å². The molecule has 8 heteroatoms. The van der Waals surface area contributed by atoms with Gasteiger partial charge < -0.3 is 15.4 Å². The van der Waals surface area contributed by atoms with Crippen LogP contribution in [0.3, 0.4) is 0 Å². The van der Waals surface area contributed by atoms with Crippen molar-refractivity contribution in [3.8, 4) is 0 Å². The number of amides is 1. The van der Waals surface area contributed by atoms with Crippen LogP contribution in [0, 0.1) is 6.92 Å². The second kappa shape index (κ2) is 7.10. The maximum Gasteiger partial charge on any atom is 0.270 e. The van der Waals surface area contributed by atoms with Crippen LogP contribution in [0.2, 0.25) is 0 Å². The first-order chi connectivity index (χ1) is 13.4. The van der Waals surface area contributed by atoms with Crippen LogP contribution >= 0.6 is 0 Å². The van der Waals surface area contributed by atoms with E-state index in [0.717, 1.165) is 31.4 Å². The van der Waals surface area contributed by atoms with Gasteiger partial charge in [0, 0.05) is 24.9 Å². The van der Waals surface area contributed by atoms with Crippen LogP contribution in [0.4, 0.5) is 5.69 Å². The van der Waals surface area contributed by atoms with E-state index in [1.165, 1.54) is 16.1 Å². The molecule has 7 nitrogen and oxygen atoms in total. The van der Waals surface area contributed by atoms with E-state index in [4.69, 9.17) is 4.74 Å². The summed E-state index contributed by atoms with van der Waals surface area (Å²) in [6.45, 7) is 7.08. The van der Waals surface area contributed by atoms with Crippen molar-refractivity contribution in [1.82, 2.24) is 9.29 Å². The lowest BCUT2D eigenvalue weighted by Gasteiger charge is -2.12. The minimum absolute atomic E-state index is 0.110. The van der Waals surface area contributed by atoms with E-state index in [0.29, 0.717) is 29.2 Å². The summed E-state index contributed by atoms with van der Waals surface area (Å²) in [7, 11) is -3.78. The number of carbonyl (C=O) groups excluding carboxylic acids is 1. The van der Waals surface area contributed by atoms with Crippen LogP contribution in [0.15, 0.2) is 41.9 Å². The van der Waals surface area contributed by atoms with Crippen molar-refractivity contribution in [2.24, 2.45) is 0 Å². The van der Waals surface area contributed by atoms with Gasteiger partial charge in [-0.25, -0.2) is 12.4 Å². The number of fused-ring (bicyclic) bond motifs is 2. The quantitative estimate of drug-likeness (QED) is 0.822. The molecule has 2 aromatic rings. The van der Waals surface area contributed by atoms with E-state index in [9.17, 15) is 13.2 Å². The highest BCUT2D eigenvalue weighted by Crippen LogP contribution is 2.33. The topological polar surface area (TPSA) is 89.4 Å². The summed E-state index contributed by atoms with van der Waals surface area (Å²) in [5.74, 6) is -0.245. The number of hydrogen-bond donors (Lipinski definition) is 2. The average molecular weight is 401 g/mol. The Bertz CT molecular complexity index is 1050. The minimum atomic E-state index is -3.78. The molecule has 2 aliphatic rings. The predicted molar refractivity (Wildman–Crippen MR) is 107 cm³/mol. The van der Waals surface area contributed by atoms with Crippen molar-refractivity contribution < 1.29 is 17.9 Å². The molecule has 1 fully saturated rings. The molecule has 1 saturated heterocycles. The highest BCUT2D eigenvalue weighted by molar-refractivity contribution is 7.90. The highest BCUT2D eigenvalue weighted by Gasteiger charge is 2.29. The van der Waals surface area contributed by atoms with Crippen molar-refractivity contribution in [2.75, 3.05) is 18.5 Å². The Kier molecular flexibility index (Phi) is 4.76. The molecular formula is C20H23N3O4S. The van der Waals surface area contributed by atoms with Gasteiger partial charge in [-0.2, -0.15) is 0 Å². The Hall–Kier alpha value is -2.58. The molecule has 1 amide bonds. The van der Waals surface area contributed by atoms with Gasteiger partial charge in [0.1, 0.15) is 4.90 Å². The third kappa shape index (κ3) is 3.33. The fourth-order valence-corrected chi connectivity index (χ4v) is 5.20. The lowest BCUT2D eigenvalue weighted by atomic mass is 10.1. The zero-order chi connectivity index (χ0) is 19.9. The Morgan fingerprint density at radius 2 is 2.21 bits per heavy atom. The molecule has 0 saturated carbocycles. The molecule has 4 rings (SSSR count). The van der Waals surface area contributed by atoms with Crippen LogP contribution in [-0.4, -0.2) is 37.6 Å². The van der Waals surface area contributed by atoms with E-state index in [1.807, 2.05) is 6.92 Å². The molecule has 0 bridgehead atoms. The molecule has 3 heterocycles. The van der Waals surface area contributed by atoms with Crippen LogP contribution < -0.4 is 10.6 Å². The number of ether oxygens (including phenoxy) is 1. The van der Waals surface area contributed by atoms with Gasteiger partial charge in [0.15, 0.2) is 0 Å². The second-order valence-electron chi connectivity index (χ2n) is 7.20. The fraction of sp³-hybridized carbons (Fsp3) is 0.350. The van der Waals surface area contributed by atoms with Gasteiger partial charge in [-0.1, -0.05) is 6.58 Å². The van der Waals surface area contributed by atoms with Crippen molar-refractivity contribution >= 4 is 27.3 Å². The predicted octanol–water partition coefficient (Wildman–Crippen LogP) is 2.73. The van der Waals surface area contributed by atoms with Gasteiger partial charge >= 0.3 is 0 Å². The molecular weight excluding hydrogens is 378 g/mol. The van der Waals surface area contributed by atoms with Gasteiger partial charge in [-0.3, -0.25) is 4.79 Å². The zero-order valence-electron chi connectivity index (χ0n) is 15.7. The molecule has 0 radical (unpaired) electrons. The summed E-state index contributed by atoms with van der Waals surface area (Å²) < 4.78 is 32.9. The van der Waals surface area contributed by atoms with Crippen LogP contribution in [0.25, 0.3) is 5.70 Å². The number of nitrogens with zero attached hydrogens (tertiary/aromatic N) is 1. The van der Waals surface area contributed by atoms with Gasteiger partial charge in [0.2, 0.25) is 0 Å². The van der Waals surface area contributed by atoms with E-state index >= 15 is 0 Å². The van der Waals surface area contributed by atoms with E-state index in [-0.39, 0.29) is 16.9 Å². The van der Waals surface area contributed by atoms with Crippen LogP contribution in [-0.2, 0) is 14.8 Å². The SMILES string of the molecule is C=C1Nc2cc(C(=O)NCCC3CCCO3)ccc2S(=O)(=O)n2cc(C)cc21. The Morgan fingerprint density at radius 1 is 1.39 bits per heavy atom. The first-order valence-corrected chi connectivity index (χ1v) is 10.7. The third-order valence-corrected chi connectivity index (χ3v) is 6.80. The Balaban J connectivity index is 1.57. The summed E-state index contributed by atoms with van der Waals surface area (Å²) >= 11 is 0. The van der Waals surface area contributed by atoms with Crippen molar-refractivity contribution in [3.63, 3.8) is 0 Å². The van der Waals surface area contributed by atoms with Crippen molar-refractivity contribution in [2.45, 2.75) is 37.2 Å². The maximum absolute atomic E-state index is 13.0. The number of benzene rings is 1. The van der Waals surface area contributed by atoms with Crippen LogP contribution in [0.5, 0.6) is 0 Å². The lowest BCUT2D eigenvalue weighted by Crippen LogP contribution is -2.27. The second-order valence-corrected chi connectivity index (χ2v) is 8.98. The van der Waals surface area contributed by atoms with E-state index in [2.05, 4.69) is 17.2 Å².